The van der Waals surface area contributed by atoms with E-state index >= 15 is 0 Å². The van der Waals surface area contributed by atoms with Crippen molar-refractivity contribution in [3.05, 3.63) is 68.7 Å². The Hall–Kier alpha value is -2.44. The number of nitrogens with one attached hydrogen (secondary N) is 1. The average Bonchev–Trinajstić information content (AvgIpc) is 2.69. The predicted molar refractivity (Wildman–Crippen MR) is 111 cm³/mol. The van der Waals surface area contributed by atoms with Crippen LogP contribution in [0.5, 0.6) is 0 Å². The third-order valence-electron chi connectivity index (χ3n) is 5.56. The summed E-state index contributed by atoms with van der Waals surface area (Å²) in [5.41, 5.74) is 1.15. The van der Waals surface area contributed by atoms with E-state index in [1.807, 2.05) is 6.92 Å². The summed E-state index contributed by atoms with van der Waals surface area (Å²) in [4.78, 5) is 26.5. The van der Waals surface area contributed by atoms with Crippen LogP contribution in [-0.2, 0) is 0 Å². The second kappa shape index (κ2) is 8.71. The van der Waals surface area contributed by atoms with Crippen molar-refractivity contribution in [2.75, 3.05) is 25.5 Å². The smallest absolute Gasteiger partial charge is 0.285 e. The second-order valence-corrected chi connectivity index (χ2v) is 7.83. The maximum Gasteiger partial charge on any atom is 0.285 e. The summed E-state index contributed by atoms with van der Waals surface area (Å²) < 4.78 is 0. The van der Waals surface area contributed by atoms with Gasteiger partial charge in [0.1, 0.15) is 5.56 Å². The fraction of sp³-hybridized carbons (Fsp3) is 0.381. The third-order valence-corrected chi connectivity index (χ3v) is 5.81. The van der Waals surface area contributed by atoms with Crippen LogP contribution >= 0.6 is 11.6 Å². The Morgan fingerprint density at radius 3 is 2.46 bits per heavy atom. The molecule has 1 heterocycles. The van der Waals surface area contributed by atoms with Crippen LogP contribution in [0.1, 0.15) is 41.6 Å². The molecule has 1 saturated heterocycles. The molecule has 0 saturated carbocycles. The summed E-state index contributed by atoms with van der Waals surface area (Å²) in [6, 6.07) is 11.7. The molecule has 0 bridgehead atoms. The number of likely N-dealkylation sites (tertiary alicyclic amines) is 1. The van der Waals surface area contributed by atoms with Gasteiger partial charge in [0.05, 0.1) is 4.92 Å². The number of nitrogens with zero attached hydrogens (tertiary/aromatic N) is 2. The topological polar surface area (TPSA) is 75.5 Å². The SMILES string of the molecule is CC(c1cccc(C(=O)Nc2ccc(Cl)cc2)c1[N+](=O)[O-])C1CCN(C)CC1. The highest BCUT2D eigenvalue weighted by molar-refractivity contribution is 6.30. The third kappa shape index (κ3) is 4.51. The number of carbonyl (C=O) groups excluding carboxylic acids is 1. The van der Waals surface area contributed by atoms with Gasteiger partial charge in [0.15, 0.2) is 0 Å². The Morgan fingerprint density at radius 1 is 1.21 bits per heavy atom. The van der Waals surface area contributed by atoms with E-state index < -0.39 is 10.8 Å². The van der Waals surface area contributed by atoms with Gasteiger partial charge in [-0.25, -0.2) is 0 Å². The largest absolute Gasteiger partial charge is 0.322 e. The minimum absolute atomic E-state index is 0.0115. The number of hydrogen-bond donors (Lipinski definition) is 1. The van der Waals surface area contributed by atoms with Crippen LogP contribution in [0, 0.1) is 16.0 Å². The molecular formula is C21H24ClN3O3. The highest BCUT2D eigenvalue weighted by atomic mass is 35.5. The number of piperidine rings is 1. The Balaban J connectivity index is 1.89. The number of carbonyl (C=O) groups is 1. The monoisotopic (exact) mass is 401 g/mol. The minimum atomic E-state index is -0.494. The lowest BCUT2D eigenvalue weighted by Gasteiger charge is -2.32. The van der Waals surface area contributed by atoms with Gasteiger partial charge in [0.25, 0.3) is 11.6 Å². The van der Waals surface area contributed by atoms with Crippen LogP contribution in [0.4, 0.5) is 11.4 Å². The number of benzene rings is 2. The molecule has 0 spiro atoms. The predicted octanol–water partition coefficient (Wildman–Crippen LogP) is 4.95. The van der Waals surface area contributed by atoms with Gasteiger partial charge in [0, 0.05) is 16.3 Å². The number of para-hydroxylation sites is 1. The standard InChI is InChI=1S/C21H24ClN3O3/c1-14(15-10-12-24(2)13-11-15)18-4-3-5-19(20(18)25(27)28)21(26)23-17-8-6-16(22)7-9-17/h3-9,14-15H,10-13H2,1-2H3,(H,23,26). The zero-order chi connectivity index (χ0) is 20.3. The number of hydrogen-bond acceptors (Lipinski definition) is 4. The van der Waals surface area contributed by atoms with Crippen molar-refractivity contribution in [3.8, 4) is 0 Å². The Labute approximate surface area is 169 Å². The normalized spacial score (nSPS) is 16.5. The van der Waals surface area contributed by atoms with Crippen LogP contribution in [0.3, 0.4) is 0 Å². The number of nitro groups is 1. The zero-order valence-corrected chi connectivity index (χ0v) is 16.8. The summed E-state index contributed by atoms with van der Waals surface area (Å²) in [5, 5.41) is 15.2. The van der Waals surface area contributed by atoms with E-state index in [1.54, 1.807) is 36.4 Å². The lowest BCUT2D eigenvalue weighted by Crippen LogP contribution is -2.32. The van der Waals surface area contributed by atoms with Gasteiger partial charge in [-0.05, 0) is 75.1 Å². The van der Waals surface area contributed by atoms with E-state index in [0.29, 0.717) is 22.2 Å². The molecule has 1 atom stereocenters. The molecule has 0 aliphatic carbocycles. The summed E-state index contributed by atoms with van der Waals surface area (Å²) in [5.74, 6) is -0.117. The van der Waals surface area contributed by atoms with Gasteiger partial charge < -0.3 is 10.2 Å². The van der Waals surface area contributed by atoms with E-state index in [9.17, 15) is 14.9 Å². The highest BCUT2D eigenvalue weighted by Gasteiger charge is 2.31. The van der Waals surface area contributed by atoms with Crippen molar-refractivity contribution in [2.45, 2.75) is 25.7 Å². The first-order valence-electron chi connectivity index (χ1n) is 9.39. The molecular weight excluding hydrogens is 378 g/mol. The quantitative estimate of drug-likeness (QED) is 0.568. The maximum atomic E-state index is 12.8. The average molecular weight is 402 g/mol. The molecule has 28 heavy (non-hydrogen) atoms. The molecule has 1 N–H and O–H groups in total. The molecule has 0 radical (unpaired) electrons. The summed E-state index contributed by atoms with van der Waals surface area (Å²) >= 11 is 5.87. The van der Waals surface area contributed by atoms with E-state index in [4.69, 9.17) is 11.6 Å². The fourth-order valence-corrected chi connectivity index (χ4v) is 3.96. The molecule has 1 aliphatic rings. The number of anilines is 1. The molecule has 1 aliphatic heterocycles. The highest BCUT2D eigenvalue weighted by Crippen LogP contribution is 2.38. The summed E-state index contributed by atoms with van der Waals surface area (Å²) in [6.45, 7) is 4.00. The first-order valence-corrected chi connectivity index (χ1v) is 9.77. The van der Waals surface area contributed by atoms with Gasteiger partial charge in [-0.15, -0.1) is 0 Å². The fourth-order valence-electron chi connectivity index (χ4n) is 3.83. The van der Waals surface area contributed by atoms with E-state index in [2.05, 4.69) is 17.3 Å². The van der Waals surface area contributed by atoms with Gasteiger partial charge in [-0.1, -0.05) is 30.7 Å². The van der Waals surface area contributed by atoms with Crippen molar-refractivity contribution in [3.63, 3.8) is 0 Å². The van der Waals surface area contributed by atoms with E-state index in [-0.39, 0.29) is 17.2 Å². The van der Waals surface area contributed by atoms with Crippen LogP contribution in [0.2, 0.25) is 5.02 Å². The molecule has 2 aromatic rings. The van der Waals surface area contributed by atoms with E-state index in [1.165, 1.54) is 6.07 Å². The van der Waals surface area contributed by atoms with Gasteiger partial charge in [-0.2, -0.15) is 0 Å². The molecule has 1 unspecified atom stereocenters. The molecule has 3 rings (SSSR count). The molecule has 1 fully saturated rings. The molecule has 7 heteroatoms. The van der Waals surface area contributed by atoms with Crippen molar-refractivity contribution in [1.29, 1.82) is 0 Å². The molecule has 148 valence electrons. The van der Waals surface area contributed by atoms with Crippen molar-refractivity contribution in [2.24, 2.45) is 5.92 Å². The zero-order valence-electron chi connectivity index (χ0n) is 16.0. The molecule has 6 nitrogen and oxygen atoms in total. The number of nitro benzene ring substituents is 1. The number of amides is 1. The van der Waals surface area contributed by atoms with Crippen LogP contribution in [-0.4, -0.2) is 35.9 Å². The Bertz CT molecular complexity index is 862. The number of halogens is 1. The van der Waals surface area contributed by atoms with Crippen molar-refractivity contribution < 1.29 is 9.72 Å². The van der Waals surface area contributed by atoms with Crippen molar-refractivity contribution in [1.82, 2.24) is 4.90 Å². The first kappa shape index (κ1) is 20.3. The molecule has 1 amide bonds. The lowest BCUT2D eigenvalue weighted by atomic mass is 9.80. The minimum Gasteiger partial charge on any atom is -0.322 e. The summed E-state index contributed by atoms with van der Waals surface area (Å²) in [7, 11) is 2.09. The maximum absolute atomic E-state index is 12.8. The van der Waals surface area contributed by atoms with Crippen LogP contribution < -0.4 is 5.32 Å². The number of rotatable bonds is 5. The van der Waals surface area contributed by atoms with Gasteiger partial charge in [-0.3, -0.25) is 14.9 Å². The summed E-state index contributed by atoms with van der Waals surface area (Å²) in [6.07, 6.45) is 1.99. The molecule has 2 aromatic carbocycles. The Kier molecular flexibility index (Phi) is 6.31. The second-order valence-electron chi connectivity index (χ2n) is 7.39. The van der Waals surface area contributed by atoms with Gasteiger partial charge in [0.2, 0.25) is 0 Å². The molecule has 0 aromatic heterocycles. The lowest BCUT2D eigenvalue weighted by molar-refractivity contribution is -0.386. The van der Waals surface area contributed by atoms with Crippen LogP contribution in [0.25, 0.3) is 0 Å². The first-order chi connectivity index (χ1) is 13.4. The van der Waals surface area contributed by atoms with Crippen molar-refractivity contribution >= 4 is 28.9 Å². The van der Waals surface area contributed by atoms with Gasteiger partial charge >= 0.3 is 0 Å². The van der Waals surface area contributed by atoms with E-state index in [0.717, 1.165) is 25.9 Å². The Morgan fingerprint density at radius 2 is 1.86 bits per heavy atom. The van der Waals surface area contributed by atoms with Crippen LogP contribution in [0.15, 0.2) is 42.5 Å².